The van der Waals surface area contributed by atoms with E-state index in [-0.39, 0.29) is 11.9 Å². The summed E-state index contributed by atoms with van der Waals surface area (Å²) in [6.45, 7) is 0.270. The van der Waals surface area contributed by atoms with Crippen molar-refractivity contribution >= 4 is 11.8 Å². The van der Waals surface area contributed by atoms with E-state index in [4.69, 9.17) is 18.9 Å². The van der Waals surface area contributed by atoms with E-state index in [1.807, 2.05) is 78.9 Å². The summed E-state index contributed by atoms with van der Waals surface area (Å²) >= 11 is 1.47. The fraction of sp³-hybridized carbons (Fsp3) is 0.308. The maximum Gasteiger partial charge on any atom is 0.184 e. The summed E-state index contributed by atoms with van der Waals surface area (Å²) in [4.78, 5) is 0. The molecule has 2 N–H and O–H groups in total. The van der Waals surface area contributed by atoms with Gasteiger partial charge in [-0.05, 0) is 12.1 Å². The van der Waals surface area contributed by atoms with Crippen molar-refractivity contribution in [2.24, 2.45) is 0 Å². The first-order valence-corrected chi connectivity index (χ1v) is 12.0. The van der Waals surface area contributed by atoms with Gasteiger partial charge in [0.1, 0.15) is 41.4 Å². The lowest BCUT2D eigenvalue weighted by molar-refractivity contribution is -0.318. The molecule has 3 aliphatic rings. The Morgan fingerprint density at radius 3 is 2.06 bits per heavy atom. The lowest BCUT2D eigenvalue weighted by atomic mass is 9.98. The van der Waals surface area contributed by atoms with E-state index < -0.39 is 36.1 Å². The van der Waals surface area contributed by atoms with Crippen molar-refractivity contribution in [2.45, 2.75) is 41.4 Å². The molecular formula is C26H24O6S. The quantitative estimate of drug-likeness (QED) is 0.602. The molecule has 0 spiro atoms. The van der Waals surface area contributed by atoms with Gasteiger partial charge in [-0.15, -0.1) is 11.8 Å². The number of thioether (sulfide) groups is 1. The zero-order valence-corrected chi connectivity index (χ0v) is 18.5. The van der Waals surface area contributed by atoms with E-state index in [2.05, 4.69) is 0 Å². The van der Waals surface area contributed by atoms with Crippen molar-refractivity contribution in [1.82, 2.24) is 0 Å². The average molecular weight is 465 g/mol. The van der Waals surface area contributed by atoms with Crippen LogP contribution in [0.3, 0.4) is 0 Å². The molecule has 0 saturated carbocycles. The first-order valence-electron chi connectivity index (χ1n) is 11.0. The van der Waals surface area contributed by atoms with Crippen molar-refractivity contribution in [3.63, 3.8) is 0 Å². The predicted octanol–water partition coefficient (Wildman–Crippen LogP) is 4.18. The molecule has 0 bridgehead atoms. The third-order valence-electron chi connectivity index (χ3n) is 6.30. The molecule has 33 heavy (non-hydrogen) atoms. The molecule has 6 rings (SSSR count). The zero-order chi connectivity index (χ0) is 22.4. The normalized spacial score (nSPS) is 31.1. The van der Waals surface area contributed by atoms with Gasteiger partial charge in [0, 0.05) is 16.7 Å². The number of benzene rings is 3. The number of para-hydroxylation sites is 2. The van der Waals surface area contributed by atoms with Crippen LogP contribution in [0.15, 0.2) is 78.9 Å². The Bertz CT molecular complexity index is 1080. The van der Waals surface area contributed by atoms with Crippen molar-refractivity contribution in [2.75, 3.05) is 6.61 Å². The van der Waals surface area contributed by atoms with Gasteiger partial charge >= 0.3 is 0 Å². The Balaban J connectivity index is 1.24. The minimum absolute atomic E-state index is 0.114. The SMILES string of the molecule is O[C@@H]1[C@@H](O)[C@H](SC2c3ccccc3Oc3ccccc32)O[C@@H]2COC(c3ccccc3)O[C@@H]12. The molecule has 6 nitrogen and oxygen atoms in total. The second-order valence-electron chi connectivity index (χ2n) is 8.39. The molecule has 1 unspecified atom stereocenters. The zero-order valence-electron chi connectivity index (χ0n) is 17.7. The van der Waals surface area contributed by atoms with Crippen LogP contribution in [0, 0.1) is 0 Å². The van der Waals surface area contributed by atoms with Crippen LogP contribution in [0.1, 0.15) is 28.2 Å². The Hall–Kier alpha value is -2.39. The van der Waals surface area contributed by atoms with Gasteiger partial charge in [-0.2, -0.15) is 0 Å². The van der Waals surface area contributed by atoms with E-state index in [9.17, 15) is 10.2 Å². The number of rotatable bonds is 3. The molecule has 2 fully saturated rings. The maximum atomic E-state index is 11.0. The van der Waals surface area contributed by atoms with Gasteiger partial charge in [0.15, 0.2) is 6.29 Å². The van der Waals surface area contributed by atoms with Crippen molar-refractivity contribution in [3.8, 4) is 11.5 Å². The summed E-state index contributed by atoms with van der Waals surface area (Å²) < 4.78 is 24.3. The average Bonchev–Trinajstić information content (AvgIpc) is 2.87. The van der Waals surface area contributed by atoms with Gasteiger partial charge in [-0.25, -0.2) is 0 Å². The second kappa shape index (κ2) is 8.76. The lowest BCUT2D eigenvalue weighted by Crippen LogP contribution is -2.61. The molecular weight excluding hydrogens is 440 g/mol. The highest BCUT2D eigenvalue weighted by atomic mass is 32.2. The fourth-order valence-electron chi connectivity index (χ4n) is 4.62. The molecule has 6 atom stereocenters. The molecule has 2 saturated heterocycles. The Kier molecular flexibility index (Phi) is 5.62. The van der Waals surface area contributed by atoms with Gasteiger partial charge in [0.2, 0.25) is 0 Å². The molecule has 3 aromatic rings. The minimum atomic E-state index is -1.12. The molecule has 0 aliphatic carbocycles. The Morgan fingerprint density at radius 2 is 1.36 bits per heavy atom. The smallest absolute Gasteiger partial charge is 0.184 e. The summed E-state index contributed by atoms with van der Waals surface area (Å²) in [5.74, 6) is 1.57. The van der Waals surface area contributed by atoms with Gasteiger partial charge < -0.3 is 29.2 Å². The van der Waals surface area contributed by atoms with Gasteiger partial charge in [0.25, 0.3) is 0 Å². The Labute approximate surface area is 196 Å². The van der Waals surface area contributed by atoms with Crippen molar-refractivity contribution in [1.29, 1.82) is 0 Å². The van der Waals surface area contributed by atoms with Crippen LogP contribution >= 0.6 is 11.8 Å². The highest BCUT2D eigenvalue weighted by molar-refractivity contribution is 8.00. The molecule has 0 radical (unpaired) electrons. The first kappa shape index (κ1) is 21.2. The van der Waals surface area contributed by atoms with E-state index in [1.54, 1.807) is 0 Å². The van der Waals surface area contributed by atoms with E-state index in [1.165, 1.54) is 11.8 Å². The lowest BCUT2D eigenvalue weighted by Gasteiger charge is -2.47. The summed E-state index contributed by atoms with van der Waals surface area (Å²) in [5.41, 5.74) is 2.22. The molecule has 3 heterocycles. The first-order chi connectivity index (χ1) is 16.2. The third-order valence-corrected chi connectivity index (χ3v) is 7.74. The molecule has 0 amide bonds. The van der Waals surface area contributed by atoms with Gasteiger partial charge in [-0.1, -0.05) is 66.7 Å². The van der Waals surface area contributed by atoms with Crippen LogP contribution in [0.5, 0.6) is 11.5 Å². The number of hydrogen-bond donors (Lipinski definition) is 2. The topological polar surface area (TPSA) is 77.4 Å². The standard InChI is InChI=1S/C26H24O6S/c27-21-22(28)26(31-20-14-29-25(32-23(20)21)15-8-2-1-3-9-15)33-24-16-10-4-6-12-18(16)30-19-13-7-5-11-17(19)24/h1-13,20-28H,14H2/t20-,21-,22-,23-,25?,26+/m1/s1. The summed E-state index contributed by atoms with van der Waals surface area (Å²) in [7, 11) is 0. The summed E-state index contributed by atoms with van der Waals surface area (Å²) in [6, 6.07) is 25.3. The minimum Gasteiger partial charge on any atom is -0.457 e. The van der Waals surface area contributed by atoms with Gasteiger partial charge in [-0.3, -0.25) is 0 Å². The van der Waals surface area contributed by atoms with Crippen molar-refractivity contribution < 1.29 is 29.2 Å². The molecule has 0 aromatic heterocycles. The van der Waals surface area contributed by atoms with Crippen LogP contribution < -0.4 is 4.74 Å². The third kappa shape index (κ3) is 3.85. The summed E-state index contributed by atoms with van der Waals surface area (Å²) in [6.07, 6.45) is -3.97. The molecule has 3 aromatic carbocycles. The number of hydrogen-bond acceptors (Lipinski definition) is 7. The number of ether oxygens (including phenoxy) is 4. The van der Waals surface area contributed by atoms with Crippen LogP contribution in [-0.4, -0.2) is 46.7 Å². The largest absolute Gasteiger partial charge is 0.457 e. The summed E-state index contributed by atoms with van der Waals surface area (Å²) in [5, 5.41) is 21.9. The van der Waals surface area contributed by atoms with Crippen LogP contribution in [0.4, 0.5) is 0 Å². The van der Waals surface area contributed by atoms with Crippen molar-refractivity contribution in [3.05, 3.63) is 95.6 Å². The molecule has 170 valence electrons. The Morgan fingerprint density at radius 1 is 0.727 bits per heavy atom. The monoisotopic (exact) mass is 464 g/mol. The van der Waals surface area contributed by atoms with E-state index in [0.717, 1.165) is 28.2 Å². The number of fused-ring (bicyclic) bond motifs is 3. The highest BCUT2D eigenvalue weighted by Crippen LogP contribution is 2.52. The van der Waals surface area contributed by atoms with Crippen LogP contribution in [-0.2, 0) is 14.2 Å². The second-order valence-corrected chi connectivity index (χ2v) is 9.60. The number of aliphatic hydroxyl groups excluding tert-OH is 2. The van der Waals surface area contributed by atoms with Gasteiger partial charge in [0.05, 0.1) is 11.9 Å². The highest BCUT2D eigenvalue weighted by Gasteiger charge is 2.50. The van der Waals surface area contributed by atoms with E-state index in [0.29, 0.717) is 0 Å². The maximum absolute atomic E-state index is 11.0. The predicted molar refractivity (Wildman–Crippen MR) is 123 cm³/mol. The number of aliphatic hydroxyl groups is 2. The van der Waals surface area contributed by atoms with Crippen LogP contribution in [0.25, 0.3) is 0 Å². The molecule has 7 heteroatoms. The van der Waals surface area contributed by atoms with E-state index >= 15 is 0 Å². The molecule has 3 aliphatic heterocycles. The fourth-order valence-corrected chi connectivity index (χ4v) is 6.10. The van der Waals surface area contributed by atoms with Crippen LogP contribution in [0.2, 0.25) is 0 Å².